The Morgan fingerprint density at radius 3 is 2.58 bits per heavy atom. The first kappa shape index (κ1) is 15.5. The maximum absolute atomic E-state index is 12.1. The smallest absolute Gasteiger partial charge is 0.270 e. The van der Waals surface area contributed by atoms with E-state index in [-0.39, 0.29) is 11.3 Å². The summed E-state index contributed by atoms with van der Waals surface area (Å²) >= 11 is 0. The molecule has 122 valence electrons. The molecule has 1 heterocycles. The van der Waals surface area contributed by atoms with Gasteiger partial charge in [0.05, 0.1) is 4.92 Å². The molecule has 3 rings (SSSR count). The lowest BCUT2D eigenvalue weighted by Crippen LogP contribution is -2.15. The Bertz CT molecular complexity index is 843. The fraction of sp³-hybridized carbons (Fsp3) is 0.118. The molecule has 1 aliphatic heterocycles. The van der Waals surface area contributed by atoms with Gasteiger partial charge in [-0.2, -0.15) is 0 Å². The number of carbonyl (C=O) groups is 1. The first-order valence-corrected chi connectivity index (χ1v) is 7.12. The van der Waals surface area contributed by atoms with Gasteiger partial charge >= 0.3 is 0 Å². The number of allylic oxidation sites excluding steroid dienone is 1. The number of hydrogen-bond donors (Lipinski definition) is 0. The van der Waals surface area contributed by atoms with Crippen LogP contribution in [0.3, 0.4) is 0 Å². The quantitative estimate of drug-likeness (QED) is 0.370. The number of fused-ring (bicyclic) bond motifs is 1. The van der Waals surface area contributed by atoms with Crippen LogP contribution >= 0.6 is 0 Å². The third-order valence-electron chi connectivity index (χ3n) is 3.43. The van der Waals surface area contributed by atoms with Crippen LogP contribution in [0.1, 0.15) is 15.9 Å². The maximum Gasteiger partial charge on any atom is 0.270 e. The number of benzene rings is 2. The second-order valence-electron chi connectivity index (χ2n) is 5.04. The third-order valence-corrected chi connectivity index (χ3v) is 3.43. The van der Waals surface area contributed by atoms with Crippen LogP contribution in [0.4, 0.5) is 5.69 Å². The molecule has 0 amide bonds. The maximum atomic E-state index is 12.1. The number of nitro benzene ring substituents is 1. The molecule has 2 aromatic carbocycles. The van der Waals surface area contributed by atoms with Gasteiger partial charge in [0, 0.05) is 17.7 Å². The summed E-state index contributed by atoms with van der Waals surface area (Å²) in [6, 6.07) is 8.25. The van der Waals surface area contributed by atoms with Crippen LogP contribution in [0.15, 0.2) is 42.5 Å². The molecule has 0 N–H and O–H groups in total. The molecule has 24 heavy (non-hydrogen) atoms. The summed E-state index contributed by atoms with van der Waals surface area (Å²) in [5.74, 6) is 0.0528. The second-order valence-corrected chi connectivity index (χ2v) is 5.04. The summed E-state index contributed by atoms with van der Waals surface area (Å²) in [5, 5.41) is 22.5. The van der Waals surface area contributed by atoms with E-state index in [1.807, 2.05) is 0 Å². The molecule has 0 unspecified atom stereocenters. The van der Waals surface area contributed by atoms with Gasteiger partial charge in [0.25, 0.3) is 5.69 Å². The Labute approximate surface area is 136 Å². The average Bonchev–Trinajstić information content (AvgIpc) is 2.59. The predicted molar refractivity (Wildman–Crippen MR) is 83.3 cm³/mol. The van der Waals surface area contributed by atoms with E-state index < -0.39 is 16.5 Å². The number of non-ortho nitro benzene ring substituents is 1. The number of ether oxygens (including phenoxy) is 2. The number of nitrogens with zero attached hydrogens (tertiary/aromatic N) is 1. The lowest BCUT2D eigenvalue weighted by Gasteiger charge is -2.18. The van der Waals surface area contributed by atoms with Gasteiger partial charge in [-0.25, -0.2) is 0 Å². The van der Waals surface area contributed by atoms with Crippen molar-refractivity contribution in [2.24, 2.45) is 0 Å². The molecule has 0 atom stereocenters. The van der Waals surface area contributed by atoms with Crippen LogP contribution in [0.2, 0.25) is 0 Å². The van der Waals surface area contributed by atoms with E-state index in [9.17, 15) is 20.0 Å². The van der Waals surface area contributed by atoms with Gasteiger partial charge in [0.1, 0.15) is 13.2 Å². The molecule has 7 nitrogen and oxygen atoms in total. The molecule has 0 bridgehead atoms. The van der Waals surface area contributed by atoms with Gasteiger partial charge < -0.3 is 14.6 Å². The van der Waals surface area contributed by atoms with Crippen molar-refractivity contribution in [3.8, 4) is 17.2 Å². The Morgan fingerprint density at radius 2 is 1.83 bits per heavy atom. The predicted octanol–water partition coefficient (Wildman–Crippen LogP) is 2.34. The molecule has 2 aromatic rings. The summed E-state index contributed by atoms with van der Waals surface area (Å²) in [4.78, 5) is 22.2. The topological polar surface area (TPSA) is 102 Å². The summed E-state index contributed by atoms with van der Waals surface area (Å²) in [6.07, 6.45) is 2.71. The monoisotopic (exact) mass is 326 g/mol. The lowest BCUT2D eigenvalue weighted by molar-refractivity contribution is -0.385. The summed E-state index contributed by atoms with van der Waals surface area (Å²) < 4.78 is 10.9. The van der Waals surface area contributed by atoms with Gasteiger partial charge in [-0.3, -0.25) is 14.9 Å². The molecular formula is C17H12NO6-. The largest absolute Gasteiger partial charge is 0.872 e. The molecule has 0 spiro atoms. The highest BCUT2D eigenvalue weighted by atomic mass is 16.6. The Morgan fingerprint density at radius 1 is 1.08 bits per heavy atom. The van der Waals surface area contributed by atoms with Crippen molar-refractivity contribution >= 4 is 17.5 Å². The summed E-state index contributed by atoms with van der Waals surface area (Å²) in [6.45, 7) is 0.937. The van der Waals surface area contributed by atoms with Crippen molar-refractivity contribution in [2.75, 3.05) is 13.2 Å². The van der Waals surface area contributed by atoms with Crippen molar-refractivity contribution < 1.29 is 24.3 Å². The summed E-state index contributed by atoms with van der Waals surface area (Å²) in [5.41, 5.74) is 0.147. The Kier molecular flexibility index (Phi) is 4.15. The fourth-order valence-corrected chi connectivity index (χ4v) is 2.25. The molecule has 0 saturated carbocycles. The lowest BCUT2D eigenvalue weighted by atomic mass is 10.1. The average molecular weight is 326 g/mol. The molecule has 1 aliphatic rings. The molecule has 0 fully saturated rings. The number of rotatable bonds is 4. The van der Waals surface area contributed by atoms with Crippen LogP contribution < -0.4 is 14.6 Å². The van der Waals surface area contributed by atoms with Crippen LogP contribution in [0.25, 0.3) is 6.08 Å². The van der Waals surface area contributed by atoms with Crippen LogP contribution in [0.5, 0.6) is 17.2 Å². The first-order valence-electron chi connectivity index (χ1n) is 7.12. The van der Waals surface area contributed by atoms with Crippen molar-refractivity contribution in [1.82, 2.24) is 0 Å². The third kappa shape index (κ3) is 3.19. The van der Waals surface area contributed by atoms with E-state index in [0.717, 1.165) is 18.2 Å². The van der Waals surface area contributed by atoms with E-state index in [1.165, 1.54) is 12.2 Å². The molecule has 0 aliphatic carbocycles. The van der Waals surface area contributed by atoms with E-state index in [1.54, 1.807) is 18.2 Å². The summed E-state index contributed by atoms with van der Waals surface area (Å²) in [7, 11) is 0. The highest BCUT2D eigenvalue weighted by Crippen LogP contribution is 2.31. The number of hydrogen-bond acceptors (Lipinski definition) is 6. The van der Waals surface area contributed by atoms with Gasteiger partial charge in [-0.1, -0.05) is 24.0 Å². The van der Waals surface area contributed by atoms with Crippen LogP contribution in [0, 0.1) is 10.1 Å². The van der Waals surface area contributed by atoms with Gasteiger partial charge in [0.15, 0.2) is 17.3 Å². The zero-order valence-electron chi connectivity index (χ0n) is 12.4. The first-order chi connectivity index (χ1) is 11.5. The molecule has 0 aromatic heterocycles. The Balaban J connectivity index is 1.83. The van der Waals surface area contributed by atoms with Crippen molar-refractivity contribution in [1.29, 1.82) is 0 Å². The minimum Gasteiger partial charge on any atom is -0.872 e. The molecule has 0 saturated heterocycles. The number of nitro groups is 1. The van der Waals surface area contributed by atoms with Crippen molar-refractivity contribution in [3.05, 3.63) is 63.7 Å². The van der Waals surface area contributed by atoms with E-state index >= 15 is 0 Å². The van der Waals surface area contributed by atoms with E-state index in [4.69, 9.17) is 9.47 Å². The number of carbonyl (C=O) groups excluding carboxylic acids is 1. The van der Waals surface area contributed by atoms with E-state index in [0.29, 0.717) is 30.3 Å². The molecule has 0 radical (unpaired) electrons. The van der Waals surface area contributed by atoms with Gasteiger partial charge in [-0.05, 0) is 23.8 Å². The normalized spacial score (nSPS) is 13.0. The highest BCUT2D eigenvalue weighted by molar-refractivity contribution is 6.08. The number of ketones is 1. The van der Waals surface area contributed by atoms with Gasteiger partial charge in [-0.15, -0.1) is 0 Å². The minimum absolute atomic E-state index is 0.238. The minimum atomic E-state index is -0.652. The fourth-order valence-electron chi connectivity index (χ4n) is 2.25. The molecular weight excluding hydrogens is 314 g/mol. The zero-order chi connectivity index (χ0) is 17.1. The van der Waals surface area contributed by atoms with Crippen LogP contribution in [-0.2, 0) is 0 Å². The SMILES string of the molecule is O=C(/C=C/c1ccc2c(c1)OCCO2)c1cc([N+](=O)[O-])ccc1[O-]. The van der Waals surface area contributed by atoms with Crippen molar-refractivity contribution in [3.63, 3.8) is 0 Å². The zero-order valence-corrected chi connectivity index (χ0v) is 12.4. The van der Waals surface area contributed by atoms with E-state index in [2.05, 4.69) is 0 Å². The standard InChI is InChI=1S/C17H13NO6/c19-14(13-10-12(18(21)22)3-5-15(13)20)4-1-11-2-6-16-17(9-11)24-8-7-23-16/h1-6,9-10,20H,7-8H2/p-1/b4-1+. The Hall–Kier alpha value is -3.35. The highest BCUT2D eigenvalue weighted by Gasteiger charge is 2.12. The van der Waals surface area contributed by atoms with Gasteiger partial charge in [0.2, 0.25) is 0 Å². The second kappa shape index (κ2) is 6.41. The molecule has 7 heteroatoms. The van der Waals surface area contributed by atoms with Crippen LogP contribution in [-0.4, -0.2) is 23.9 Å². The van der Waals surface area contributed by atoms with Crippen molar-refractivity contribution in [2.45, 2.75) is 0 Å².